The molecule has 0 aliphatic carbocycles. The fraction of sp³-hybridized carbons (Fsp3) is 0. The fourth-order valence-electron chi connectivity index (χ4n) is 5.78. The Hall–Kier alpha value is -5.38. The van der Waals surface area contributed by atoms with E-state index in [-0.39, 0.29) is 0 Å². The summed E-state index contributed by atoms with van der Waals surface area (Å²) in [4.78, 5) is 12.7. The summed E-state index contributed by atoms with van der Waals surface area (Å²) in [6.45, 7) is 0. The van der Waals surface area contributed by atoms with E-state index in [2.05, 4.69) is 119 Å². The average Bonchev–Trinajstić information content (AvgIpc) is 3.73. The van der Waals surface area contributed by atoms with Crippen LogP contribution in [0, 0.1) is 0 Å². The Bertz CT molecular complexity index is 2310. The molecule has 0 saturated heterocycles. The Morgan fingerprint density at radius 1 is 0.419 bits per heavy atom. The molecule has 0 unspecified atom stereocenters. The summed E-state index contributed by atoms with van der Waals surface area (Å²) in [7, 11) is 0. The number of para-hydroxylation sites is 2. The van der Waals surface area contributed by atoms with Crippen LogP contribution in [0.5, 0.6) is 0 Å². The second-order valence-corrected chi connectivity index (χ2v) is 11.3. The summed E-state index contributed by atoms with van der Waals surface area (Å²) < 4.78 is 18.2. The maximum atomic E-state index is 5.24. The largest absolute Gasteiger partial charge is 0.309 e. The van der Waals surface area contributed by atoms with E-state index in [9.17, 15) is 0 Å². The Morgan fingerprint density at radius 3 is 1.40 bits per heavy atom. The standard InChI is InChI=1S/C34H19N7S2/c1-2-10-22(11-3-1)27-28(36-30-29(35-27)31-33(39-42-37-31)34-32(30)38-43-40-34)23-16-18-24(19-17-23)41-25-12-6-4-8-20(25)14-15-21-9-5-7-13-26(21)41/h1-19H. The quantitative estimate of drug-likeness (QED) is 0.203. The molecule has 0 N–H and O–H groups in total. The molecule has 0 saturated carbocycles. The first-order valence-corrected chi connectivity index (χ1v) is 15.2. The van der Waals surface area contributed by atoms with Crippen molar-refractivity contribution in [3.8, 4) is 22.5 Å². The van der Waals surface area contributed by atoms with Crippen LogP contribution < -0.4 is 4.90 Å². The van der Waals surface area contributed by atoms with Crippen molar-refractivity contribution in [3.05, 3.63) is 114 Å². The van der Waals surface area contributed by atoms with Gasteiger partial charge in [0.1, 0.15) is 33.1 Å². The molecule has 0 amide bonds. The van der Waals surface area contributed by atoms with Crippen molar-refractivity contribution in [2.45, 2.75) is 0 Å². The monoisotopic (exact) mass is 589 g/mol. The third-order valence-electron chi connectivity index (χ3n) is 7.79. The molecule has 0 spiro atoms. The van der Waals surface area contributed by atoms with E-state index in [1.54, 1.807) is 0 Å². The summed E-state index contributed by atoms with van der Waals surface area (Å²) >= 11 is 2.31. The topological polar surface area (TPSA) is 80.6 Å². The van der Waals surface area contributed by atoms with Crippen molar-refractivity contribution in [2.24, 2.45) is 0 Å². The molecule has 1 aliphatic rings. The van der Waals surface area contributed by atoms with Gasteiger partial charge in [-0.05, 0) is 35.4 Å². The predicted octanol–water partition coefficient (Wildman–Crippen LogP) is 8.93. The number of benzene rings is 5. The lowest BCUT2D eigenvalue weighted by atomic mass is 10.0. The van der Waals surface area contributed by atoms with Crippen molar-refractivity contribution < 1.29 is 0 Å². The molecule has 0 fully saturated rings. The molecule has 9 rings (SSSR count). The summed E-state index contributed by atoms with van der Waals surface area (Å²) in [6, 6.07) is 35.7. The lowest BCUT2D eigenvalue weighted by Crippen LogP contribution is -2.11. The highest BCUT2D eigenvalue weighted by atomic mass is 32.1. The Kier molecular flexibility index (Phi) is 5.40. The van der Waals surface area contributed by atoms with Crippen molar-refractivity contribution in [1.29, 1.82) is 0 Å². The molecule has 5 aromatic carbocycles. The van der Waals surface area contributed by atoms with E-state index in [0.29, 0.717) is 22.1 Å². The van der Waals surface area contributed by atoms with Crippen LogP contribution in [0.3, 0.4) is 0 Å². The summed E-state index contributed by atoms with van der Waals surface area (Å²) in [5, 5.41) is 0. The minimum atomic E-state index is 0.684. The Morgan fingerprint density at radius 2 is 0.860 bits per heavy atom. The number of nitrogens with zero attached hydrogens (tertiary/aromatic N) is 7. The zero-order valence-electron chi connectivity index (χ0n) is 22.4. The van der Waals surface area contributed by atoms with Gasteiger partial charge in [-0.2, -0.15) is 17.5 Å². The first kappa shape index (κ1) is 24.2. The lowest BCUT2D eigenvalue weighted by Gasteiger charge is -2.27. The summed E-state index contributed by atoms with van der Waals surface area (Å²) in [6.07, 6.45) is 4.37. The molecule has 8 aromatic rings. The molecule has 4 heterocycles. The zero-order chi connectivity index (χ0) is 28.3. The normalized spacial score (nSPS) is 12.5. The Balaban J connectivity index is 1.26. The van der Waals surface area contributed by atoms with Gasteiger partial charge >= 0.3 is 0 Å². The van der Waals surface area contributed by atoms with Gasteiger partial charge in [-0.1, -0.05) is 91.0 Å². The lowest BCUT2D eigenvalue weighted by molar-refractivity contribution is 1.27. The third-order valence-corrected chi connectivity index (χ3v) is 8.85. The molecule has 0 atom stereocenters. The van der Waals surface area contributed by atoms with Gasteiger partial charge in [-0.15, -0.1) is 0 Å². The van der Waals surface area contributed by atoms with Gasteiger partial charge in [-0.25, -0.2) is 9.97 Å². The molecule has 0 radical (unpaired) electrons. The van der Waals surface area contributed by atoms with Gasteiger partial charge in [0.15, 0.2) is 0 Å². The van der Waals surface area contributed by atoms with Crippen molar-refractivity contribution >= 4 is 85.8 Å². The molecule has 9 heteroatoms. The second-order valence-electron chi connectivity index (χ2n) is 10.2. The van der Waals surface area contributed by atoms with Crippen LogP contribution in [-0.4, -0.2) is 27.5 Å². The number of fused-ring (bicyclic) bond motifs is 8. The number of aromatic nitrogens is 6. The van der Waals surface area contributed by atoms with Gasteiger partial charge in [-0.3, -0.25) is 0 Å². The molecule has 3 aromatic heterocycles. The van der Waals surface area contributed by atoms with Crippen LogP contribution in [0.1, 0.15) is 11.1 Å². The molecule has 0 bridgehead atoms. The Labute approximate surface area is 254 Å². The molecular formula is C34H19N7S2. The maximum Gasteiger partial charge on any atom is 0.136 e. The van der Waals surface area contributed by atoms with Crippen LogP contribution in [0.2, 0.25) is 0 Å². The smallest absolute Gasteiger partial charge is 0.136 e. The zero-order valence-corrected chi connectivity index (χ0v) is 24.0. The second kappa shape index (κ2) is 9.59. The molecule has 202 valence electrons. The van der Waals surface area contributed by atoms with Gasteiger partial charge in [0.25, 0.3) is 0 Å². The van der Waals surface area contributed by atoms with Crippen LogP contribution in [0.15, 0.2) is 103 Å². The van der Waals surface area contributed by atoms with Gasteiger partial charge in [0.05, 0.1) is 46.2 Å². The summed E-state index contributed by atoms with van der Waals surface area (Å²) in [5.41, 5.74) is 13.4. The van der Waals surface area contributed by atoms with E-state index in [1.165, 1.54) is 11.1 Å². The van der Waals surface area contributed by atoms with E-state index < -0.39 is 0 Å². The first-order valence-electron chi connectivity index (χ1n) is 13.7. The van der Waals surface area contributed by atoms with Gasteiger partial charge in [0.2, 0.25) is 0 Å². The van der Waals surface area contributed by atoms with Gasteiger partial charge < -0.3 is 4.90 Å². The predicted molar refractivity (Wildman–Crippen MR) is 176 cm³/mol. The average molecular weight is 590 g/mol. The van der Waals surface area contributed by atoms with Crippen molar-refractivity contribution in [1.82, 2.24) is 27.5 Å². The van der Waals surface area contributed by atoms with Crippen molar-refractivity contribution in [3.63, 3.8) is 0 Å². The highest BCUT2D eigenvalue weighted by Gasteiger charge is 2.23. The van der Waals surface area contributed by atoms with E-state index in [1.807, 2.05) is 18.2 Å². The number of hydrogen-bond donors (Lipinski definition) is 0. The highest BCUT2D eigenvalue weighted by molar-refractivity contribution is 7.01. The number of rotatable bonds is 3. The van der Waals surface area contributed by atoms with Gasteiger partial charge in [0, 0.05) is 16.8 Å². The van der Waals surface area contributed by atoms with Crippen LogP contribution in [0.25, 0.3) is 67.8 Å². The van der Waals surface area contributed by atoms with E-state index in [4.69, 9.17) is 9.97 Å². The summed E-state index contributed by atoms with van der Waals surface area (Å²) in [5.74, 6) is 0. The van der Waals surface area contributed by atoms with Crippen LogP contribution in [-0.2, 0) is 0 Å². The SMILES string of the molecule is C1=Cc2ccccc2N(c2ccc(-c3nc4c5nsnc5c5nsnc5c4nc3-c3ccccc3)cc2)c2ccccc21. The molecule has 7 nitrogen and oxygen atoms in total. The van der Waals surface area contributed by atoms with E-state index in [0.717, 1.165) is 74.1 Å². The fourth-order valence-corrected chi connectivity index (χ4v) is 6.88. The molecular weight excluding hydrogens is 571 g/mol. The number of hydrogen-bond acceptors (Lipinski definition) is 9. The highest BCUT2D eigenvalue weighted by Crippen LogP contribution is 2.43. The third kappa shape index (κ3) is 3.79. The van der Waals surface area contributed by atoms with Crippen LogP contribution in [0.4, 0.5) is 17.1 Å². The van der Waals surface area contributed by atoms with Crippen molar-refractivity contribution in [2.75, 3.05) is 4.90 Å². The first-order chi connectivity index (χ1) is 21.3. The molecule has 1 aliphatic heterocycles. The molecule has 43 heavy (non-hydrogen) atoms. The minimum absolute atomic E-state index is 0.684. The minimum Gasteiger partial charge on any atom is -0.309 e. The maximum absolute atomic E-state index is 5.24. The van der Waals surface area contributed by atoms with E-state index >= 15 is 0 Å². The van der Waals surface area contributed by atoms with Crippen LogP contribution >= 0.6 is 23.5 Å². The number of anilines is 3.